The van der Waals surface area contributed by atoms with E-state index in [0.29, 0.717) is 22.8 Å². The van der Waals surface area contributed by atoms with Crippen molar-refractivity contribution in [2.75, 3.05) is 27.8 Å². The van der Waals surface area contributed by atoms with E-state index in [1.54, 1.807) is 38.4 Å². The van der Waals surface area contributed by atoms with Crippen molar-refractivity contribution in [3.63, 3.8) is 0 Å². The van der Waals surface area contributed by atoms with Gasteiger partial charge in [0.15, 0.2) is 12.4 Å². The van der Waals surface area contributed by atoms with Gasteiger partial charge in [-0.25, -0.2) is 9.78 Å². The minimum Gasteiger partial charge on any atom is -0.482 e. The number of likely N-dealkylation sites (N-methyl/N-ethyl adjacent to an activating group) is 1. The number of aromatic nitrogens is 1. The van der Waals surface area contributed by atoms with Crippen molar-refractivity contribution in [2.24, 2.45) is 0 Å². The molecule has 7 heteroatoms. The molecule has 1 heterocycles. The van der Waals surface area contributed by atoms with Crippen molar-refractivity contribution in [3.8, 4) is 28.3 Å². The van der Waals surface area contributed by atoms with Crippen molar-refractivity contribution in [2.45, 2.75) is 0 Å². The quantitative estimate of drug-likeness (QED) is 0.254. The van der Waals surface area contributed by atoms with E-state index < -0.39 is 5.97 Å². The van der Waals surface area contributed by atoms with Gasteiger partial charge in [0.05, 0.1) is 7.11 Å². The maximum Gasteiger partial charge on any atom is 0.343 e. The summed E-state index contributed by atoms with van der Waals surface area (Å²) in [6.07, 6.45) is 1.70. The minimum atomic E-state index is -0.485. The normalized spacial score (nSPS) is 11.1. The van der Waals surface area contributed by atoms with E-state index >= 15 is 0 Å². The maximum absolute atomic E-state index is 13.2. The molecule has 1 aromatic heterocycles. The summed E-state index contributed by atoms with van der Waals surface area (Å²) < 4.78 is 16.4. The molecule has 0 atom stereocenters. The first-order valence-electron chi connectivity index (χ1n) is 11.3. The van der Waals surface area contributed by atoms with E-state index in [1.165, 1.54) is 12.0 Å². The molecular formula is C29H26N2O5. The van der Waals surface area contributed by atoms with Gasteiger partial charge in [0.2, 0.25) is 5.89 Å². The van der Waals surface area contributed by atoms with Crippen molar-refractivity contribution >= 4 is 23.5 Å². The SMILES string of the molecule is COC(=O)COc1cccc(/C=C(\C(=O)N(C)C)c2nc(-c3ccccc3)c(-c3ccccc3)o2)c1. The van der Waals surface area contributed by atoms with Crippen molar-refractivity contribution in [1.29, 1.82) is 0 Å². The van der Waals surface area contributed by atoms with Crippen LogP contribution in [-0.4, -0.2) is 49.6 Å². The van der Waals surface area contributed by atoms with Gasteiger partial charge in [-0.2, -0.15) is 0 Å². The Labute approximate surface area is 209 Å². The molecule has 36 heavy (non-hydrogen) atoms. The smallest absolute Gasteiger partial charge is 0.343 e. The van der Waals surface area contributed by atoms with Gasteiger partial charge >= 0.3 is 5.97 Å². The largest absolute Gasteiger partial charge is 0.482 e. The molecule has 0 spiro atoms. The molecule has 0 saturated carbocycles. The average molecular weight is 483 g/mol. The molecular weight excluding hydrogens is 456 g/mol. The second-order valence-electron chi connectivity index (χ2n) is 8.12. The third-order valence-electron chi connectivity index (χ3n) is 5.33. The van der Waals surface area contributed by atoms with Crippen LogP contribution in [0.3, 0.4) is 0 Å². The third kappa shape index (κ3) is 5.70. The predicted octanol–water partition coefficient (Wildman–Crippen LogP) is 5.19. The van der Waals surface area contributed by atoms with E-state index in [1.807, 2.05) is 66.7 Å². The second kappa shape index (κ2) is 11.2. The van der Waals surface area contributed by atoms with Crippen LogP contribution >= 0.6 is 0 Å². The Morgan fingerprint density at radius 3 is 2.22 bits per heavy atom. The molecule has 4 rings (SSSR count). The lowest BCUT2D eigenvalue weighted by Gasteiger charge is -2.12. The minimum absolute atomic E-state index is 0.201. The van der Waals surface area contributed by atoms with Gasteiger partial charge < -0.3 is 18.8 Å². The molecule has 1 amide bonds. The number of amides is 1. The number of hydrogen-bond acceptors (Lipinski definition) is 6. The van der Waals surface area contributed by atoms with E-state index in [9.17, 15) is 9.59 Å². The van der Waals surface area contributed by atoms with Crippen molar-refractivity contribution in [3.05, 3.63) is 96.4 Å². The molecule has 3 aromatic carbocycles. The first-order valence-corrected chi connectivity index (χ1v) is 11.3. The van der Waals surface area contributed by atoms with Gasteiger partial charge in [-0.15, -0.1) is 0 Å². The maximum atomic E-state index is 13.2. The van der Waals surface area contributed by atoms with E-state index in [4.69, 9.17) is 14.1 Å². The molecule has 7 nitrogen and oxygen atoms in total. The van der Waals surface area contributed by atoms with Gasteiger partial charge in [-0.3, -0.25) is 4.79 Å². The lowest BCUT2D eigenvalue weighted by molar-refractivity contribution is -0.142. The summed E-state index contributed by atoms with van der Waals surface area (Å²) in [5, 5.41) is 0. The summed E-state index contributed by atoms with van der Waals surface area (Å²) in [5.74, 6) is 0.488. The van der Waals surface area contributed by atoms with Crippen LogP contribution in [0.15, 0.2) is 89.3 Å². The molecule has 0 bridgehead atoms. The Bertz CT molecular complexity index is 1320. The van der Waals surface area contributed by atoms with Crippen LogP contribution in [0, 0.1) is 0 Å². The molecule has 0 aliphatic heterocycles. The molecule has 0 radical (unpaired) electrons. The molecule has 0 N–H and O–H groups in total. The molecule has 0 aliphatic rings. The van der Waals surface area contributed by atoms with E-state index in [0.717, 1.165) is 11.1 Å². The number of hydrogen-bond donors (Lipinski definition) is 0. The van der Waals surface area contributed by atoms with Crippen LogP contribution in [-0.2, 0) is 14.3 Å². The summed E-state index contributed by atoms with van der Waals surface area (Å²) in [5.41, 5.74) is 3.34. The topological polar surface area (TPSA) is 81.9 Å². The van der Waals surface area contributed by atoms with Crippen molar-refractivity contribution in [1.82, 2.24) is 9.88 Å². The first-order chi connectivity index (χ1) is 17.5. The second-order valence-corrected chi connectivity index (χ2v) is 8.12. The van der Waals surface area contributed by atoms with E-state index in [-0.39, 0.29) is 24.0 Å². The number of methoxy groups -OCH3 is 1. The Hall–Kier alpha value is -4.65. The summed E-state index contributed by atoms with van der Waals surface area (Å²) in [4.78, 5) is 30.9. The molecule has 0 fully saturated rings. The zero-order valence-electron chi connectivity index (χ0n) is 20.3. The van der Waals surface area contributed by atoms with Crippen LogP contribution in [0.5, 0.6) is 5.75 Å². The lowest BCUT2D eigenvalue weighted by atomic mass is 10.1. The number of nitrogens with zero attached hydrogens (tertiary/aromatic N) is 2. The zero-order chi connectivity index (χ0) is 25.5. The Balaban J connectivity index is 1.81. The van der Waals surface area contributed by atoms with Crippen LogP contribution < -0.4 is 4.74 Å². The number of ether oxygens (including phenoxy) is 2. The van der Waals surface area contributed by atoms with Gasteiger partial charge in [0.25, 0.3) is 5.91 Å². The Morgan fingerprint density at radius 1 is 0.917 bits per heavy atom. The fraction of sp³-hybridized carbons (Fsp3) is 0.138. The summed E-state index contributed by atoms with van der Waals surface area (Å²) in [7, 11) is 4.64. The fourth-order valence-electron chi connectivity index (χ4n) is 3.53. The molecule has 0 aliphatic carbocycles. The average Bonchev–Trinajstić information content (AvgIpc) is 3.36. The Kier molecular flexibility index (Phi) is 7.60. The highest BCUT2D eigenvalue weighted by Crippen LogP contribution is 2.35. The number of carbonyl (C=O) groups is 2. The standard InChI is InChI=1S/C29H26N2O5/c1-31(2)29(33)24(18-20-11-10-16-23(17-20)35-19-25(32)34-3)28-30-26(21-12-6-4-7-13-21)27(36-28)22-14-8-5-9-15-22/h4-18H,19H2,1-3H3/b24-18-. The molecule has 0 unspecified atom stereocenters. The zero-order valence-corrected chi connectivity index (χ0v) is 20.3. The van der Waals surface area contributed by atoms with E-state index in [2.05, 4.69) is 4.74 Å². The van der Waals surface area contributed by atoms with Gasteiger partial charge in [0.1, 0.15) is 17.0 Å². The van der Waals surface area contributed by atoms with Gasteiger partial charge in [-0.05, 0) is 23.8 Å². The van der Waals surface area contributed by atoms with Crippen LogP contribution in [0.2, 0.25) is 0 Å². The number of benzene rings is 3. The predicted molar refractivity (Wildman–Crippen MR) is 138 cm³/mol. The van der Waals surface area contributed by atoms with Gasteiger partial charge in [0, 0.05) is 25.2 Å². The third-order valence-corrected chi connectivity index (χ3v) is 5.33. The van der Waals surface area contributed by atoms with Crippen LogP contribution in [0.4, 0.5) is 0 Å². The number of oxazole rings is 1. The number of rotatable bonds is 8. The lowest BCUT2D eigenvalue weighted by Crippen LogP contribution is -2.22. The fourth-order valence-corrected chi connectivity index (χ4v) is 3.53. The number of carbonyl (C=O) groups excluding carboxylic acids is 2. The first kappa shape index (κ1) is 24.5. The highest BCUT2D eigenvalue weighted by atomic mass is 16.6. The highest BCUT2D eigenvalue weighted by molar-refractivity contribution is 6.23. The molecule has 0 saturated heterocycles. The summed E-state index contributed by atoms with van der Waals surface area (Å²) in [6, 6.07) is 26.4. The molecule has 4 aromatic rings. The monoisotopic (exact) mass is 482 g/mol. The number of esters is 1. The Morgan fingerprint density at radius 2 is 1.58 bits per heavy atom. The van der Waals surface area contributed by atoms with Gasteiger partial charge in [-0.1, -0.05) is 72.8 Å². The summed E-state index contributed by atoms with van der Waals surface area (Å²) in [6.45, 7) is -0.215. The van der Waals surface area contributed by atoms with Crippen LogP contribution in [0.1, 0.15) is 11.5 Å². The summed E-state index contributed by atoms with van der Waals surface area (Å²) >= 11 is 0. The highest BCUT2D eigenvalue weighted by Gasteiger charge is 2.24. The van der Waals surface area contributed by atoms with Crippen molar-refractivity contribution < 1.29 is 23.5 Å². The van der Waals surface area contributed by atoms with Crippen LogP contribution in [0.25, 0.3) is 34.2 Å². The molecule has 182 valence electrons.